The Bertz CT molecular complexity index is 1140. The van der Waals surface area contributed by atoms with Crippen molar-refractivity contribution in [2.45, 2.75) is 38.9 Å². The van der Waals surface area contributed by atoms with E-state index in [-0.39, 0.29) is 6.04 Å². The van der Waals surface area contributed by atoms with Gasteiger partial charge >= 0.3 is 0 Å². The van der Waals surface area contributed by atoms with E-state index in [1.54, 1.807) is 10.9 Å². The SMILES string of the molecule is CCC[C@H](NCc1nn(Cc2ccc(Cl)c(Cl)c2)nc1-c1ccccc1)c1ccccc1. The van der Waals surface area contributed by atoms with Crippen LogP contribution in [0.2, 0.25) is 10.0 Å². The summed E-state index contributed by atoms with van der Waals surface area (Å²) in [5.74, 6) is 0. The van der Waals surface area contributed by atoms with Gasteiger partial charge in [0.05, 0.1) is 16.6 Å². The van der Waals surface area contributed by atoms with Crippen LogP contribution in [0, 0.1) is 0 Å². The fraction of sp³-hybridized carbons (Fsp3) is 0.231. The molecule has 0 amide bonds. The summed E-state index contributed by atoms with van der Waals surface area (Å²) < 4.78 is 0. The van der Waals surface area contributed by atoms with Gasteiger partial charge in [-0.15, -0.1) is 0 Å². The lowest BCUT2D eigenvalue weighted by Crippen LogP contribution is -2.21. The molecule has 0 unspecified atom stereocenters. The molecule has 1 N–H and O–H groups in total. The van der Waals surface area contributed by atoms with Crippen LogP contribution in [0.5, 0.6) is 0 Å². The van der Waals surface area contributed by atoms with Crippen molar-refractivity contribution < 1.29 is 0 Å². The van der Waals surface area contributed by atoms with E-state index in [1.807, 2.05) is 30.3 Å². The summed E-state index contributed by atoms with van der Waals surface area (Å²) in [5.41, 5.74) is 5.16. The molecule has 1 aromatic heterocycles. The zero-order chi connectivity index (χ0) is 22.3. The Kier molecular flexibility index (Phi) is 7.59. The lowest BCUT2D eigenvalue weighted by atomic mass is 10.0. The monoisotopic (exact) mass is 464 g/mol. The largest absolute Gasteiger partial charge is 0.304 e. The summed E-state index contributed by atoms with van der Waals surface area (Å²) in [6.07, 6.45) is 2.16. The first-order valence-corrected chi connectivity index (χ1v) is 11.6. The van der Waals surface area contributed by atoms with Crippen molar-refractivity contribution in [1.82, 2.24) is 20.3 Å². The quantitative estimate of drug-likeness (QED) is 0.291. The number of nitrogens with zero attached hydrogens (tertiary/aromatic N) is 3. The molecule has 164 valence electrons. The van der Waals surface area contributed by atoms with Gasteiger partial charge < -0.3 is 5.32 Å². The van der Waals surface area contributed by atoms with Crippen molar-refractivity contribution in [1.29, 1.82) is 0 Å². The Morgan fingerprint density at radius 1 is 0.875 bits per heavy atom. The molecule has 0 radical (unpaired) electrons. The highest BCUT2D eigenvalue weighted by Crippen LogP contribution is 2.25. The predicted octanol–water partition coefficient (Wildman–Crippen LogP) is 6.93. The van der Waals surface area contributed by atoms with Crippen LogP contribution in [-0.2, 0) is 13.1 Å². The molecule has 32 heavy (non-hydrogen) atoms. The Morgan fingerprint density at radius 2 is 1.59 bits per heavy atom. The minimum atomic E-state index is 0.269. The summed E-state index contributed by atoms with van der Waals surface area (Å²) in [6.45, 7) is 3.36. The second-order valence-corrected chi connectivity index (χ2v) is 8.59. The summed E-state index contributed by atoms with van der Waals surface area (Å²) in [6, 6.07) is 26.6. The number of halogens is 2. The van der Waals surface area contributed by atoms with Crippen LogP contribution in [-0.4, -0.2) is 15.0 Å². The van der Waals surface area contributed by atoms with E-state index in [0.717, 1.165) is 35.4 Å². The smallest absolute Gasteiger partial charge is 0.117 e. The predicted molar refractivity (Wildman–Crippen MR) is 132 cm³/mol. The summed E-state index contributed by atoms with van der Waals surface area (Å²) in [7, 11) is 0. The summed E-state index contributed by atoms with van der Waals surface area (Å²) in [5, 5.41) is 14.4. The molecular weight excluding hydrogens is 439 g/mol. The molecule has 0 aliphatic carbocycles. The lowest BCUT2D eigenvalue weighted by Gasteiger charge is -2.18. The van der Waals surface area contributed by atoms with Gasteiger partial charge in [0.15, 0.2) is 0 Å². The Balaban J connectivity index is 1.60. The third-order valence-electron chi connectivity index (χ3n) is 5.38. The highest BCUT2D eigenvalue weighted by Gasteiger charge is 2.16. The second-order valence-electron chi connectivity index (χ2n) is 7.77. The van der Waals surface area contributed by atoms with Crippen molar-refractivity contribution in [3.05, 3.63) is 106 Å². The zero-order valence-electron chi connectivity index (χ0n) is 18.0. The molecule has 4 nitrogen and oxygen atoms in total. The zero-order valence-corrected chi connectivity index (χ0v) is 19.5. The molecular formula is C26H26Cl2N4. The molecule has 1 atom stereocenters. The molecule has 0 saturated heterocycles. The Morgan fingerprint density at radius 3 is 2.28 bits per heavy atom. The van der Waals surface area contributed by atoms with E-state index in [4.69, 9.17) is 33.4 Å². The topological polar surface area (TPSA) is 42.7 Å². The molecule has 4 rings (SSSR count). The van der Waals surface area contributed by atoms with Gasteiger partial charge in [0.1, 0.15) is 11.4 Å². The molecule has 0 aliphatic rings. The first-order valence-electron chi connectivity index (χ1n) is 10.9. The normalized spacial score (nSPS) is 12.1. The average Bonchev–Trinajstić information content (AvgIpc) is 3.22. The average molecular weight is 465 g/mol. The Hall–Kier alpha value is -2.66. The van der Waals surface area contributed by atoms with Gasteiger partial charge in [-0.05, 0) is 29.7 Å². The highest BCUT2D eigenvalue weighted by molar-refractivity contribution is 6.42. The maximum atomic E-state index is 6.19. The summed E-state index contributed by atoms with van der Waals surface area (Å²) >= 11 is 12.3. The van der Waals surface area contributed by atoms with Crippen LogP contribution >= 0.6 is 23.2 Å². The van der Waals surface area contributed by atoms with Crippen molar-refractivity contribution >= 4 is 23.2 Å². The first-order chi connectivity index (χ1) is 15.6. The number of nitrogens with one attached hydrogen (secondary N) is 1. The van der Waals surface area contributed by atoms with Crippen molar-refractivity contribution in [3.8, 4) is 11.3 Å². The standard InChI is InChI=1S/C26H26Cl2N4/c1-2-9-24(20-10-5-3-6-11-20)29-17-25-26(21-12-7-4-8-13-21)31-32(30-25)18-19-14-15-22(27)23(28)16-19/h3-8,10-16,24,29H,2,9,17-18H2,1H3/t24-/m0/s1. The van der Waals surface area contributed by atoms with Crippen molar-refractivity contribution in [2.75, 3.05) is 0 Å². The maximum absolute atomic E-state index is 6.19. The fourth-order valence-electron chi connectivity index (χ4n) is 3.77. The third-order valence-corrected chi connectivity index (χ3v) is 6.11. The van der Waals surface area contributed by atoms with Gasteiger partial charge in [0.2, 0.25) is 0 Å². The van der Waals surface area contributed by atoms with E-state index >= 15 is 0 Å². The van der Waals surface area contributed by atoms with Gasteiger partial charge in [-0.1, -0.05) is 103 Å². The number of benzene rings is 3. The highest BCUT2D eigenvalue weighted by atomic mass is 35.5. The molecule has 6 heteroatoms. The van der Waals surface area contributed by atoms with E-state index in [9.17, 15) is 0 Å². The van der Waals surface area contributed by atoms with Crippen LogP contribution in [0.4, 0.5) is 0 Å². The van der Waals surface area contributed by atoms with Gasteiger partial charge in [0, 0.05) is 18.2 Å². The minimum Gasteiger partial charge on any atom is -0.304 e. The van der Waals surface area contributed by atoms with Crippen LogP contribution in [0.15, 0.2) is 78.9 Å². The molecule has 0 saturated carbocycles. The molecule has 4 aromatic rings. The number of hydrogen-bond acceptors (Lipinski definition) is 3. The Labute approximate surface area is 199 Å². The lowest BCUT2D eigenvalue weighted by molar-refractivity contribution is 0.485. The molecule has 1 heterocycles. The van der Waals surface area contributed by atoms with Gasteiger partial charge in [-0.2, -0.15) is 15.0 Å². The fourth-order valence-corrected chi connectivity index (χ4v) is 4.09. The second kappa shape index (κ2) is 10.8. The number of rotatable bonds is 9. The molecule has 0 fully saturated rings. The molecule has 3 aromatic carbocycles. The van der Waals surface area contributed by atoms with Gasteiger partial charge in [0.25, 0.3) is 0 Å². The van der Waals surface area contributed by atoms with E-state index in [1.165, 1.54) is 5.56 Å². The van der Waals surface area contributed by atoms with Gasteiger partial charge in [-0.3, -0.25) is 0 Å². The molecule has 0 aliphatic heterocycles. The number of aromatic nitrogens is 3. The van der Waals surface area contributed by atoms with Crippen molar-refractivity contribution in [3.63, 3.8) is 0 Å². The maximum Gasteiger partial charge on any atom is 0.117 e. The van der Waals surface area contributed by atoms with Gasteiger partial charge in [-0.25, -0.2) is 0 Å². The number of hydrogen-bond donors (Lipinski definition) is 1. The molecule has 0 bridgehead atoms. The van der Waals surface area contributed by atoms with Crippen LogP contribution in [0.1, 0.15) is 42.6 Å². The molecule has 0 spiro atoms. The third kappa shape index (κ3) is 5.57. The minimum absolute atomic E-state index is 0.269. The van der Waals surface area contributed by atoms with E-state index in [2.05, 4.69) is 54.7 Å². The van der Waals surface area contributed by atoms with Crippen molar-refractivity contribution in [2.24, 2.45) is 0 Å². The van der Waals surface area contributed by atoms with E-state index < -0.39 is 0 Å². The first kappa shape index (κ1) is 22.5. The van der Waals surface area contributed by atoms with Crippen LogP contribution < -0.4 is 5.32 Å². The van der Waals surface area contributed by atoms with Crippen LogP contribution in [0.25, 0.3) is 11.3 Å². The summed E-state index contributed by atoms with van der Waals surface area (Å²) in [4.78, 5) is 1.73. The van der Waals surface area contributed by atoms with E-state index in [0.29, 0.717) is 23.1 Å². The van der Waals surface area contributed by atoms with Crippen LogP contribution in [0.3, 0.4) is 0 Å².